The normalized spacial score (nSPS) is 15.8. The number of nitrogens with zero attached hydrogens (tertiary/aromatic N) is 2. The van der Waals surface area contributed by atoms with Gasteiger partial charge in [0, 0.05) is 58.4 Å². The van der Waals surface area contributed by atoms with E-state index < -0.39 is 5.82 Å². The van der Waals surface area contributed by atoms with Crippen molar-refractivity contribution in [2.24, 2.45) is 0 Å². The van der Waals surface area contributed by atoms with E-state index in [-0.39, 0.29) is 5.91 Å². The number of aromatic amines is 1. The first-order valence-electron chi connectivity index (χ1n) is 10.2. The Balaban J connectivity index is 1.48. The molecule has 1 aromatic carbocycles. The van der Waals surface area contributed by atoms with E-state index in [0.29, 0.717) is 47.0 Å². The van der Waals surface area contributed by atoms with Crippen LogP contribution >= 0.6 is 0 Å². The number of benzene rings is 1. The number of rotatable bonds is 2. The Morgan fingerprint density at radius 3 is 2.94 bits per heavy atom. The lowest BCUT2D eigenvalue weighted by Gasteiger charge is -2.21. The molecular formula is C24H18FN5O2. The molecule has 0 saturated heterocycles. The van der Waals surface area contributed by atoms with Gasteiger partial charge in [-0.3, -0.25) is 9.78 Å². The fourth-order valence-corrected chi connectivity index (χ4v) is 4.28. The van der Waals surface area contributed by atoms with E-state index in [1.165, 1.54) is 6.07 Å². The minimum absolute atomic E-state index is 0.274. The number of carbonyl (C=O) groups excluding carboxylic acids is 1. The number of carbonyl (C=O) groups is 1. The number of fused-ring (bicyclic) bond motifs is 3. The third kappa shape index (κ3) is 2.84. The molecule has 7 nitrogen and oxygen atoms in total. The maximum atomic E-state index is 15.1. The van der Waals surface area contributed by atoms with E-state index in [1.807, 2.05) is 19.1 Å². The highest BCUT2D eigenvalue weighted by molar-refractivity contribution is 6.35. The lowest BCUT2D eigenvalue weighted by Crippen LogP contribution is -2.20. The Morgan fingerprint density at radius 2 is 2.06 bits per heavy atom. The van der Waals surface area contributed by atoms with Gasteiger partial charge in [0.05, 0.1) is 11.3 Å². The van der Waals surface area contributed by atoms with E-state index in [1.54, 1.807) is 30.7 Å². The zero-order valence-corrected chi connectivity index (χ0v) is 17.1. The van der Waals surface area contributed by atoms with Crippen LogP contribution in [-0.2, 0) is 4.79 Å². The monoisotopic (exact) mass is 427 g/mol. The average Bonchev–Trinajstić information content (AvgIpc) is 3.34. The first kappa shape index (κ1) is 18.6. The van der Waals surface area contributed by atoms with Gasteiger partial charge < -0.3 is 20.4 Å². The number of hydrogen-bond acceptors (Lipinski definition) is 5. The number of anilines is 2. The van der Waals surface area contributed by atoms with Crippen molar-refractivity contribution >= 4 is 39.8 Å². The van der Waals surface area contributed by atoms with Gasteiger partial charge in [0.2, 0.25) is 5.88 Å². The number of H-pyrrole nitrogens is 1. The Kier molecular flexibility index (Phi) is 4.01. The van der Waals surface area contributed by atoms with Gasteiger partial charge in [0.1, 0.15) is 18.1 Å². The molecule has 8 heteroatoms. The molecule has 6 rings (SSSR count). The van der Waals surface area contributed by atoms with Crippen molar-refractivity contribution in [2.45, 2.75) is 6.92 Å². The molecule has 0 fully saturated rings. The van der Waals surface area contributed by atoms with Crippen LogP contribution in [-0.4, -0.2) is 34.0 Å². The zero-order chi connectivity index (χ0) is 21.8. The quantitative estimate of drug-likeness (QED) is 0.413. The summed E-state index contributed by atoms with van der Waals surface area (Å²) in [7, 11) is 0. The minimum atomic E-state index is -0.427. The molecule has 32 heavy (non-hydrogen) atoms. The maximum Gasteiger partial charge on any atom is 0.256 e. The molecule has 0 unspecified atom stereocenters. The summed E-state index contributed by atoms with van der Waals surface area (Å²) in [6.45, 7) is 3.11. The Labute approximate surface area is 182 Å². The summed E-state index contributed by atoms with van der Waals surface area (Å²) in [5, 5.41) is 6.99. The second-order valence-electron chi connectivity index (χ2n) is 7.83. The molecule has 3 N–H and O–H groups in total. The van der Waals surface area contributed by atoms with Crippen LogP contribution in [0.3, 0.4) is 0 Å². The molecule has 158 valence electrons. The van der Waals surface area contributed by atoms with Gasteiger partial charge in [0.15, 0.2) is 0 Å². The number of pyridine rings is 2. The number of aromatic nitrogens is 3. The van der Waals surface area contributed by atoms with Crippen molar-refractivity contribution in [1.29, 1.82) is 0 Å². The molecule has 0 atom stereocenters. The van der Waals surface area contributed by atoms with Crippen LogP contribution in [0.25, 0.3) is 33.7 Å². The van der Waals surface area contributed by atoms with Crippen LogP contribution in [0.2, 0.25) is 0 Å². The maximum absolute atomic E-state index is 15.1. The van der Waals surface area contributed by atoms with Crippen LogP contribution in [0.15, 0.2) is 42.9 Å². The fourth-order valence-electron chi connectivity index (χ4n) is 4.28. The van der Waals surface area contributed by atoms with E-state index in [2.05, 4.69) is 25.6 Å². The standard InChI is InChI=1S/C24H18FN5O2/c1-12-18(11-28-24-22(12)27-4-5-32-24)15-8-16-17(23(31)30-21(16)9-19(15)25)7-14-6-13-10-26-3-2-20(13)29-14/h2-3,6-11,27,29H,4-5H2,1H3,(H,30,31)/b17-7-. The first-order valence-corrected chi connectivity index (χ1v) is 10.2. The molecule has 1 amide bonds. The largest absolute Gasteiger partial charge is 0.474 e. The topological polar surface area (TPSA) is 91.9 Å². The van der Waals surface area contributed by atoms with Crippen molar-refractivity contribution in [1.82, 2.24) is 15.0 Å². The molecule has 2 aliphatic rings. The van der Waals surface area contributed by atoms with Gasteiger partial charge in [-0.05, 0) is 42.8 Å². The summed E-state index contributed by atoms with van der Waals surface area (Å²) in [5.74, 6) is -0.183. The number of ether oxygens (including phenoxy) is 1. The van der Waals surface area contributed by atoms with Crippen molar-refractivity contribution in [3.8, 4) is 17.0 Å². The van der Waals surface area contributed by atoms with Crippen LogP contribution in [0, 0.1) is 12.7 Å². The van der Waals surface area contributed by atoms with Gasteiger partial charge in [0.25, 0.3) is 5.91 Å². The SMILES string of the molecule is Cc1c(-c2cc3c(cc2F)NC(=O)/C3=C\c2cc3cnccc3[nH]2)cnc2c1NCCO2. The summed E-state index contributed by atoms with van der Waals surface area (Å²) in [5.41, 5.74) is 5.90. The lowest BCUT2D eigenvalue weighted by molar-refractivity contribution is -0.110. The molecule has 3 aromatic heterocycles. The van der Waals surface area contributed by atoms with Crippen molar-refractivity contribution < 1.29 is 13.9 Å². The third-order valence-corrected chi connectivity index (χ3v) is 5.87. The fraction of sp³-hybridized carbons (Fsp3) is 0.125. The van der Waals surface area contributed by atoms with Gasteiger partial charge in [-0.1, -0.05) is 0 Å². The van der Waals surface area contributed by atoms with Crippen LogP contribution < -0.4 is 15.4 Å². The number of halogens is 1. The van der Waals surface area contributed by atoms with Gasteiger partial charge in [-0.15, -0.1) is 0 Å². The van der Waals surface area contributed by atoms with Crippen LogP contribution in [0.4, 0.5) is 15.8 Å². The molecule has 0 radical (unpaired) electrons. The van der Waals surface area contributed by atoms with Crippen LogP contribution in [0.1, 0.15) is 16.8 Å². The summed E-state index contributed by atoms with van der Waals surface area (Å²) < 4.78 is 20.7. The van der Waals surface area contributed by atoms with Gasteiger partial charge >= 0.3 is 0 Å². The number of amides is 1. The predicted molar refractivity (Wildman–Crippen MR) is 121 cm³/mol. The van der Waals surface area contributed by atoms with Gasteiger partial charge in [-0.2, -0.15) is 0 Å². The number of hydrogen-bond donors (Lipinski definition) is 3. The van der Waals surface area contributed by atoms with E-state index in [4.69, 9.17) is 4.74 Å². The molecule has 5 heterocycles. The smallest absolute Gasteiger partial charge is 0.256 e. The second kappa shape index (κ2) is 6.91. The third-order valence-electron chi connectivity index (χ3n) is 5.87. The first-order chi connectivity index (χ1) is 15.6. The number of nitrogens with one attached hydrogen (secondary N) is 3. The minimum Gasteiger partial charge on any atom is -0.474 e. The van der Waals surface area contributed by atoms with Crippen molar-refractivity contribution in [3.05, 3.63) is 65.5 Å². The molecular weight excluding hydrogens is 409 g/mol. The summed E-state index contributed by atoms with van der Waals surface area (Å²) in [6, 6.07) is 6.87. The van der Waals surface area contributed by atoms with E-state index >= 15 is 4.39 Å². The molecule has 4 aromatic rings. The highest BCUT2D eigenvalue weighted by Gasteiger charge is 2.28. The van der Waals surface area contributed by atoms with E-state index in [0.717, 1.165) is 27.8 Å². The average molecular weight is 427 g/mol. The molecule has 0 aliphatic carbocycles. The predicted octanol–water partition coefficient (Wildman–Crippen LogP) is 4.37. The lowest BCUT2D eigenvalue weighted by atomic mass is 9.96. The summed E-state index contributed by atoms with van der Waals surface area (Å²) in [6.07, 6.45) is 6.85. The summed E-state index contributed by atoms with van der Waals surface area (Å²) >= 11 is 0. The molecule has 0 bridgehead atoms. The second-order valence-corrected chi connectivity index (χ2v) is 7.83. The highest BCUT2D eigenvalue weighted by Crippen LogP contribution is 2.41. The molecule has 0 saturated carbocycles. The van der Waals surface area contributed by atoms with Crippen molar-refractivity contribution in [3.63, 3.8) is 0 Å². The van der Waals surface area contributed by atoms with E-state index in [9.17, 15) is 4.79 Å². The zero-order valence-electron chi connectivity index (χ0n) is 17.1. The molecule has 0 spiro atoms. The van der Waals surface area contributed by atoms with Crippen LogP contribution in [0.5, 0.6) is 5.88 Å². The summed E-state index contributed by atoms with van der Waals surface area (Å²) in [4.78, 5) is 24.5. The Morgan fingerprint density at radius 1 is 1.16 bits per heavy atom. The van der Waals surface area contributed by atoms with Crippen molar-refractivity contribution in [2.75, 3.05) is 23.8 Å². The highest BCUT2D eigenvalue weighted by atomic mass is 19.1. The Hall–Kier alpha value is -4.20. The van der Waals surface area contributed by atoms with Gasteiger partial charge in [-0.25, -0.2) is 9.37 Å². The molecule has 2 aliphatic heterocycles. The Bertz CT molecular complexity index is 1420.